The van der Waals surface area contributed by atoms with E-state index in [2.05, 4.69) is 25.0 Å². The molecule has 0 aromatic rings. The number of nitrogens with zero attached hydrogens (tertiary/aromatic N) is 1. The number of amides is 2. The van der Waals surface area contributed by atoms with Crippen molar-refractivity contribution in [2.45, 2.75) is 70.6 Å². The lowest BCUT2D eigenvalue weighted by molar-refractivity contribution is 0.0503. The van der Waals surface area contributed by atoms with Crippen molar-refractivity contribution in [3.63, 3.8) is 0 Å². The van der Waals surface area contributed by atoms with Crippen molar-refractivity contribution in [2.75, 3.05) is 19.8 Å². The number of carbonyl (C=O) groups is 2. The summed E-state index contributed by atoms with van der Waals surface area (Å²) in [4.78, 5) is 25.6. The number of hydrogen-bond acceptors (Lipinski definition) is 5. The average molecular weight is 361 g/mol. The number of rotatable bonds is 5. The molecule has 0 aliphatic carbocycles. The van der Waals surface area contributed by atoms with E-state index in [0.717, 1.165) is 6.04 Å². The minimum atomic E-state index is -1.27. The summed E-state index contributed by atoms with van der Waals surface area (Å²) in [5, 5.41) is 12.2. The van der Waals surface area contributed by atoms with Crippen molar-refractivity contribution < 1.29 is 24.2 Å². The van der Waals surface area contributed by atoms with Gasteiger partial charge in [-0.05, 0) is 33.2 Å². The Kier molecular flexibility index (Phi) is 7.09. The summed E-state index contributed by atoms with van der Waals surface area (Å²) in [6.07, 6.45) is -0.460. The summed E-state index contributed by atoms with van der Waals surface area (Å²) in [7, 11) is -1.27. The highest BCUT2D eigenvalue weighted by Gasteiger charge is 2.37. The first kappa shape index (κ1) is 20.8. The number of carbonyl (C=O) groups excluding carboxylic acids is 2. The molecule has 2 N–H and O–H groups in total. The quantitative estimate of drug-likeness (QED) is 0.735. The molecule has 2 atom stereocenters. The van der Waals surface area contributed by atoms with Gasteiger partial charge in [-0.3, -0.25) is 0 Å². The van der Waals surface area contributed by atoms with Crippen molar-refractivity contribution in [3.8, 4) is 0 Å². The predicted molar refractivity (Wildman–Crippen MR) is 94.9 cm³/mol. The number of nitrogens with one attached hydrogen (secondary N) is 1. The molecule has 1 aliphatic heterocycles. The molecule has 2 unspecified atom stereocenters. The maximum Gasteiger partial charge on any atom is 0.410 e. The summed E-state index contributed by atoms with van der Waals surface area (Å²) in [5.41, 5.74) is -0.575. The van der Waals surface area contributed by atoms with Crippen LogP contribution in [0, 0.1) is 0 Å². The van der Waals surface area contributed by atoms with E-state index in [1.165, 1.54) is 4.90 Å². The van der Waals surface area contributed by atoms with Gasteiger partial charge in [-0.2, -0.15) is 0 Å². The van der Waals surface area contributed by atoms with Crippen LogP contribution in [0.1, 0.15) is 27.2 Å². The number of alkyl carbamates (subject to hydrolysis) is 1. The van der Waals surface area contributed by atoms with E-state index < -0.39 is 25.9 Å². The molecule has 24 heavy (non-hydrogen) atoms. The third-order valence-electron chi connectivity index (χ3n) is 3.66. The first-order valence-corrected chi connectivity index (χ1v) is 12.2. The normalized spacial score (nSPS) is 21.5. The van der Waals surface area contributed by atoms with E-state index in [0.29, 0.717) is 19.6 Å². The fraction of sp³-hybridized carbons (Fsp3) is 0.875. The maximum atomic E-state index is 12.2. The van der Waals surface area contributed by atoms with Gasteiger partial charge in [0.15, 0.2) is 0 Å². The van der Waals surface area contributed by atoms with Crippen LogP contribution in [0.25, 0.3) is 0 Å². The number of hydrogen-bond donors (Lipinski definition) is 2. The lowest BCUT2D eigenvalue weighted by Crippen LogP contribution is -2.42. The molecule has 0 aromatic heterocycles. The molecule has 0 aromatic carbocycles. The zero-order valence-electron chi connectivity index (χ0n) is 15.7. The third-order valence-corrected chi connectivity index (χ3v) is 5.36. The van der Waals surface area contributed by atoms with Gasteiger partial charge in [-0.25, -0.2) is 9.59 Å². The molecule has 0 bridgehead atoms. The van der Waals surface area contributed by atoms with Gasteiger partial charge in [0, 0.05) is 14.6 Å². The molecule has 0 saturated carbocycles. The van der Waals surface area contributed by atoms with Crippen LogP contribution < -0.4 is 5.32 Å². The first-order chi connectivity index (χ1) is 10.9. The van der Waals surface area contributed by atoms with Gasteiger partial charge in [0.05, 0.1) is 25.3 Å². The molecule has 140 valence electrons. The Hall–Kier alpha value is -1.28. The Bertz CT molecular complexity index is 445. The van der Waals surface area contributed by atoms with Crippen LogP contribution in [0.3, 0.4) is 0 Å². The van der Waals surface area contributed by atoms with Crippen LogP contribution in [-0.2, 0) is 9.47 Å². The molecular formula is C16H32N2O5Si. The summed E-state index contributed by atoms with van der Waals surface area (Å²) >= 11 is 0. The van der Waals surface area contributed by atoms with E-state index in [1.807, 2.05) is 0 Å². The summed E-state index contributed by atoms with van der Waals surface area (Å²) in [6, 6.07) is 0.307. The van der Waals surface area contributed by atoms with E-state index >= 15 is 0 Å². The van der Waals surface area contributed by atoms with Crippen LogP contribution in [0.15, 0.2) is 0 Å². The van der Waals surface area contributed by atoms with Gasteiger partial charge >= 0.3 is 12.2 Å². The van der Waals surface area contributed by atoms with Gasteiger partial charge < -0.3 is 24.8 Å². The van der Waals surface area contributed by atoms with Crippen molar-refractivity contribution >= 4 is 20.3 Å². The molecule has 1 fully saturated rings. The summed E-state index contributed by atoms with van der Waals surface area (Å²) in [6.45, 7) is 12.6. The number of ether oxygens (including phenoxy) is 2. The first-order valence-electron chi connectivity index (χ1n) is 8.45. The number of likely N-dealkylation sites (tertiary alicyclic amines) is 1. The summed E-state index contributed by atoms with van der Waals surface area (Å²) in [5.74, 6) is 0. The fourth-order valence-electron chi connectivity index (χ4n) is 2.42. The topological polar surface area (TPSA) is 88.1 Å². The van der Waals surface area contributed by atoms with Gasteiger partial charge in [-0.15, -0.1) is 0 Å². The highest BCUT2D eigenvalue weighted by Crippen LogP contribution is 2.20. The van der Waals surface area contributed by atoms with Crippen LogP contribution in [0.5, 0.6) is 0 Å². The van der Waals surface area contributed by atoms with Gasteiger partial charge in [-0.1, -0.05) is 19.6 Å². The standard InChI is InChI=1S/C16H32N2O5Si/c1-16(2,3)23-14(20)17-12-9-13(11-19)18(10-12)15(21)22-7-8-24(4,5)6/h12-13,19H,7-11H2,1-6H3,(H,17,20). The SMILES string of the molecule is CC(C)(C)OC(=O)NC1CC(CO)N(C(=O)OCC[Si](C)(C)C)C1. The van der Waals surface area contributed by atoms with Gasteiger partial charge in [0.2, 0.25) is 0 Å². The lowest BCUT2D eigenvalue weighted by atomic mass is 10.2. The zero-order valence-corrected chi connectivity index (χ0v) is 16.7. The summed E-state index contributed by atoms with van der Waals surface area (Å²) < 4.78 is 10.6. The molecule has 0 radical (unpaired) electrons. The molecular weight excluding hydrogens is 328 g/mol. The minimum absolute atomic E-state index is 0.157. The van der Waals surface area contributed by atoms with Crippen LogP contribution in [0.2, 0.25) is 25.7 Å². The highest BCUT2D eigenvalue weighted by molar-refractivity contribution is 6.76. The van der Waals surface area contributed by atoms with Crippen molar-refractivity contribution in [1.82, 2.24) is 10.2 Å². The fourth-order valence-corrected chi connectivity index (χ4v) is 3.13. The molecule has 7 nitrogen and oxygen atoms in total. The second kappa shape index (κ2) is 8.20. The molecule has 1 heterocycles. The average Bonchev–Trinajstić information content (AvgIpc) is 2.77. The van der Waals surface area contributed by atoms with Crippen LogP contribution >= 0.6 is 0 Å². The van der Waals surface area contributed by atoms with E-state index in [9.17, 15) is 14.7 Å². The molecule has 2 amide bonds. The molecule has 0 spiro atoms. The van der Waals surface area contributed by atoms with Crippen LogP contribution in [0.4, 0.5) is 9.59 Å². The Labute approximate surface area is 145 Å². The predicted octanol–water partition coefficient (Wildman–Crippen LogP) is 2.42. The zero-order chi connectivity index (χ0) is 18.5. The van der Waals surface area contributed by atoms with E-state index in [-0.39, 0.29) is 18.7 Å². The Balaban J connectivity index is 2.51. The maximum absolute atomic E-state index is 12.2. The van der Waals surface area contributed by atoms with Crippen molar-refractivity contribution in [1.29, 1.82) is 0 Å². The monoisotopic (exact) mass is 360 g/mol. The number of aliphatic hydroxyl groups excluding tert-OH is 1. The van der Waals surface area contributed by atoms with Gasteiger partial charge in [0.25, 0.3) is 0 Å². The third kappa shape index (κ3) is 7.52. The Morgan fingerprint density at radius 1 is 1.29 bits per heavy atom. The molecule has 1 rings (SSSR count). The largest absolute Gasteiger partial charge is 0.450 e. The minimum Gasteiger partial charge on any atom is -0.450 e. The number of aliphatic hydroxyl groups is 1. The molecule has 1 aliphatic rings. The Morgan fingerprint density at radius 3 is 2.42 bits per heavy atom. The van der Waals surface area contributed by atoms with E-state index in [1.54, 1.807) is 20.8 Å². The second-order valence-corrected chi connectivity index (χ2v) is 14.1. The lowest BCUT2D eigenvalue weighted by Gasteiger charge is -2.23. The van der Waals surface area contributed by atoms with Crippen molar-refractivity contribution in [2.24, 2.45) is 0 Å². The van der Waals surface area contributed by atoms with E-state index in [4.69, 9.17) is 9.47 Å². The smallest absolute Gasteiger partial charge is 0.410 e. The van der Waals surface area contributed by atoms with Gasteiger partial charge in [0.1, 0.15) is 5.60 Å². The van der Waals surface area contributed by atoms with Crippen molar-refractivity contribution in [3.05, 3.63) is 0 Å². The second-order valence-electron chi connectivity index (χ2n) is 8.49. The Morgan fingerprint density at radius 2 is 1.92 bits per heavy atom. The molecule has 1 saturated heterocycles. The highest BCUT2D eigenvalue weighted by atomic mass is 28.3. The van der Waals surface area contributed by atoms with Crippen LogP contribution in [-0.4, -0.2) is 67.7 Å². The molecule has 8 heteroatoms.